The lowest BCUT2D eigenvalue weighted by Gasteiger charge is -2.38. The van der Waals surface area contributed by atoms with Crippen molar-refractivity contribution in [3.05, 3.63) is 35.9 Å². The van der Waals surface area contributed by atoms with Crippen molar-refractivity contribution in [2.24, 2.45) is 0 Å². The van der Waals surface area contributed by atoms with Crippen LogP contribution >= 0.6 is 0 Å². The van der Waals surface area contributed by atoms with Gasteiger partial charge in [0.05, 0.1) is 18.2 Å². The third-order valence-corrected chi connectivity index (χ3v) is 5.04. The highest BCUT2D eigenvalue weighted by Crippen LogP contribution is 2.30. The van der Waals surface area contributed by atoms with Gasteiger partial charge in [-0.05, 0) is 32.3 Å². The molecule has 1 aromatic rings. The van der Waals surface area contributed by atoms with Gasteiger partial charge in [0.2, 0.25) is 0 Å². The van der Waals surface area contributed by atoms with E-state index >= 15 is 0 Å². The van der Waals surface area contributed by atoms with Crippen molar-refractivity contribution in [3.8, 4) is 0 Å². The average Bonchev–Trinajstić information content (AvgIpc) is 3.03. The van der Waals surface area contributed by atoms with E-state index in [0.29, 0.717) is 12.8 Å². The molecule has 0 aromatic heterocycles. The van der Waals surface area contributed by atoms with Crippen LogP contribution in [0.5, 0.6) is 0 Å². The Morgan fingerprint density at radius 3 is 2.48 bits per heavy atom. The molecule has 0 unspecified atom stereocenters. The number of rotatable bonds is 8. The third kappa shape index (κ3) is 5.65. The SMILES string of the molecule is CCC(O)(CC)[C@@H](O)[C@@H](NC(=O)OCc1ccccc1)[C@@H]1COC(C)(C)O1. The zero-order valence-electron chi connectivity index (χ0n) is 16.5. The summed E-state index contributed by atoms with van der Waals surface area (Å²) >= 11 is 0. The summed E-state index contributed by atoms with van der Waals surface area (Å²) in [4.78, 5) is 12.3. The Balaban J connectivity index is 2.08. The smallest absolute Gasteiger partial charge is 0.407 e. The van der Waals surface area contributed by atoms with Crippen molar-refractivity contribution in [1.82, 2.24) is 5.32 Å². The number of carbonyl (C=O) groups excluding carboxylic acids is 1. The van der Waals surface area contributed by atoms with Gasteiger partial charge in [-0.1, -0.05) is 44.2 Å². The molecule has 3 N–H and O–H groups in total. The molecule has 1 saturated heterocycles. The van der Waals surface area contributed by atoms with Crippen LogP contribution in [0.4, 0.5) is 4.79 Å². The van der Waals surface area contributed by atoms with Gasteiger partial charge in [-0.15, -0.1) is 0 Å². The number of benzene rings is 1. The summed E-state index contributed by atoms with van der Waals surface area (Å²) in [6.45, 7) is 7.39. The summed E-state index contributed by atoms with van der Waals surface area (Å²) in [7, 11) is 0. The molecule has 1 aliphatic heterocycles. The van der Waals surface area contributed by atoms with Crippen molar-refractivity contribution in [1.29, 1.82) is 0 Å². The second-order valence-electron chi connectivity index (χ2n) is 7.35. The number of aliphatic hydroxyl groups excluding tert-OH is 1. The van der Waals surface area contributed by atoms with Crippen LogP contribution in [0, 0.1) is 0 Å². The predicted molar refractivity (Wildman–Crippen MR) is 100.0 cm³/mol. The monoisotopic (exact) mass is 381 g/mol. The first kappa shape index (κ1) is 21.6. The molecule has 0 bridgehead atoms. The maximum absolute atomic E-state index is 12.3. The summed E-state index contributed by atoms with van der Waals surface area (Å²) in [5, 5.41) is 24.2. The fraction of sp³-hybridized carbons (Fsp3) is 0.650. The minimum absolute atomic E-state index is 0.106. The van der Waals surface area contributed by atoms with E-state index in [-0.39, 0.29) is 13.2 Å². The first-order valence-corrected chi connectivity index (χ1v) is 9.40. The van der Waals surface area contributed by atoms with Crippen LogP contribution in [-0.2, 0) is 20.8 Å². The quantitative estimate of drug-likeness (QED) is 0.640. The highest BCUT2D eigenvalue weighted by molar-refractivity contribution is 5.67. The molecule has 1 amide bonds. The summed E-state index contributed by atoms with van der Waals surface area (Å²) in [6.07, 6.45) is -1.87. The van der Waals surface area contributed by atoms with Gasteiger partial charge < -0.3 is 29.7 Å². The van der Waals surface area contributed by atoms with Crippen LogP contribution in [0.25, 0.3) is 0 Å². The lowest BCUT2D eigenvalue weighted by Crippen LogP contribution is -2.60. The molecule has 0 aliphatic carbocycles. The van der Waals surface area contributed by atoms with E-state index < -0.39 is 35.7 Å². The fourth-order valence-electron chi connectivity index (χ4n) is 3.17. The molecule has 0 spiro atoms. The number of aliphatic hydroxyl groups is 2. The number of ether oxygens (including phenoxy) is 3. The largest absolute Gasteiger partial charge is 0.445 e. The average molecular weight is 381 g/mol. The van der Waals surface area contributed by atoms with E-state index in [1.807, 2.05) is 30.3 Å². The van der Waals surface area contributed by atoms with Gasteiger partial charge in [0.15, 0.2) is 5.79 Å². The van der Waals surface area contributed by atoms with Crippen LogP contribution in [0.1, 0.15) is 46.1 Å². The molecule has 1 aromatic carbocycles. The minimum atomic E-state index is -1.35. The van der Waals surface area contributed by atoms with Crippen molar-refractivity contribution in [2.45, 2.75) is 76.8 Å². The minimum Gasteiger partial charge on any atom is -0.445 e. The van der Waals surface area contributed by atoms with Gasteiger partial charge in [0.1, 0.15) is 18.8 Å². The molecule has 7 nitrogen and oxygen atoms in total. The first-order chi connectivity index (χ1) is 12.7. The van der Waals surface area contributed by atoms with E-state index in [1.54, 1.807) is 27.7 Å². The van der Waals surface area contributed by atoms with Crippen LogP contribution in [0.15, 0.2) is 30.3 Å². The number of hydrogen-bond donors (Lipinski definition) is 3. The van der Waals surface area contributed by atoms with Crippen molar-refractivity contribution in [3.63, 3.8) is 0 Å². The zero-order chi connectivity index (χ0) is 20.1. The normalized spacial score (nSPS) is 21.5. The molecule has 27 heavy (non-hydrogen) atoms. The molecule has 2 rings (SSSR count). The molecule has 3 atom stereocenters. The summed E-state index contributed by atoms with van der Waals surface area (Å²) in [5.41, 5.74) is -0.502. The predicted octanol–water partition coefficient (Wildman–Crippen LogP) is 2.34. The zero-order valence-corrected chi connectivity index (χ0v) is 16.5. The topological polar surface area (TPSA) is 97.3 Å². The lowest BCUT2D eigenvalue weighted by molar-refractivity contribution is -0.157. The van der Waals surface area contributed by atoms with E-state index in [2.05, 4.69) is 5.32 Å². The lowest BCUT2D eigenvalue weighted by atomic mass is 9.84. The highest BCUT2D eigenvalue weighted by atomic mass is 16.7. The Hall–Kier alpha value is -1.67. The van der Waals surface area contributed by atoms with E-state index in [0.717, 1.165) is 5.56 Å². The van der Waals surface area contributed by atoms with E-state index in [1.165, 1.54) is 0 Å². The molecular formula is C20H31NO6. The van der Waals surface area contributed by atoms with Crippen LogP contribution in [0.3, 0.4) is 0 Å². The van der Waals surface area contributed by atoms with Crippen LogP contribution in [-0.4, -0.2) is 52.6 Å². The van der Waals surface area contributed by atoms with Gasteiger partial charge in [-0.3, -0.25) is 0 Å². The molecule has 1 heterocycles. The molecule has 7 heteroatoms. The maximum Gasteiger partial charge on any atom is 0.407 e. The Morgan fingerprint density at radius 2 is 1.96 bits per heavy atom. The van der Waals surface area contributed by atoms with Gasteiger partial charge in [0, 0.05) is 0 Å². The number of carbonyl (C=O) groups is 1. The molecule has 1 aliphatic rings. The molecule has 0 saturated carbocycles. The number of amides is 1. The van der Waals surface area contributed by atoms with E-state index in [4.69, 9.17) is 14.2 Å². The summed E-state index contributed by atoms with van der Waals surface area (Å²) in [5.74, 6) is -0.825. The number of nitrogens with one attached hydrogen (secondary N) is 1. The van der Waals surface area contributed by atoms with Crippen LogP contribution < -0.4 is 5.32 Å². The second kappa shape index (κ2) is 9.01. The number of hydrogen-bond acceptors (Lipinski definition) is 6. The van der Waals surface area contributed by atoms with Gasteiger partial charge in [-0.2, -0.15) is 0 Å². The third-order valence-electron chi connectivity index (χ3n) is 5.04. The second-order valence-corrected chi connectivity index (χ2v) is 7.35. The van der Waals surface area contributed by atoms with E-state index in [9.17, 15) is 15.0 Å². The first-order valence-electron chi connectivity index (χ1n) is 9.40. The summed E-state index contributed by atoms with van der Waals surface area (Å²) in [6, 6.07) is 8.42. The summed E-state index contributed by atoms with van der Waals surface area (Å²) < 4.78 is 16.6. The fourth-order valence-corrected chi connectivity index (χ4v) is 3.17. The Labute approximate surface area is 160 Å². The van der Waals surface area contributed by atoms with Crippen LogP contribution in [0.2, 0.25) is 0 Å². The Bertz CT molecular complexity index is 602. The van der Waals surface area contributed by atoms with Gasteiger partial charge >= 0.3 is 6.09 Å². The Morgan fingerprint density at radius 1 is 1.33 bits per heavy atom. The van der Waals surface area contributed by atoms with Crippen molar-refractivity contribution < 1.29 is 29.2 Å². The Kier molecular flexibility index (Phi) is 7.22. The maximum atomic E-state index is 12.3. The van der Waals surface area contributed by atoms with Gasteiger partial charge in [-0.25, -0.2) is 4.79 Å². The number of alkyl carbamates (subject to hydrolysis) is 1. The standard InChI is InChI=1S/C20H31NO6/c1-5-20(24,6-2)17(22)16(15-13-26-19(3,4)27-15)21-18(23)25-12-14-10-8-7-9-11-14/h7-11,15-17,22,24H,5-6,12-13H2,1-4H3,(H,21,23)/t15-,16-,17-/m0/s1. The molecule has 1 fully saturated rings. The van der Waals surface area contributed by atoms with Crippen molar-refractivity contribution >= 4 is 6.09 Å². The highest BCUT2D eigenvalue weighted by Gasteiger charge is 2.47. The van der Waals surface area contributed by atoms with Crippen molar-refractivity contribution in [2.75, 3.05) is 6.61 Å². The molecule has 152 valence electrons. The molecular weight excluding hydrogens is 350 g/mol. The van der Waals surface area contributed by atoms with Gasteiger partial charge in [0.25, 0.3) is 0 Å². The molecule has 0 radical (unpaired) electrons.